The summed E-state index contributed by atoms with van der Waals surface area (Å²) in [5.41, 5.74) is 4.65. The highest BCUT2D eigenvalue weighted by Crippen LogP contribution is 2.33. The maximum atomic E-state index is 10.8. The van der Waals surface area contributed by atoms with Crippen LogP contribution < -0.4 is 14.5 Å². The van der Waals surface area contributed by atoms with Gasteiger partial charge < -0.3 is 24.7 Å². The van der Waals surface area contributed by atoms with Crippen LogP contribution in [0.15, 0.2) is 105 Å². The van der Waals surface area contributed by atoms with Crippen LogP contribution in [0.2, 0.25) is 0 Å². The molecule has 0 saturated carbocycles. The van der Waals surface area contributed by atoms with Crippen molar-refractivity contribution in [3.05, 3.63) is 90.5 Å². The van der Waals surface area contributed by atoms with Crippen LogP contribution in [0.3, 0.4) is 0 Å². The number of ether oxygens (including phenoxy) is 1. The number of azo groups is 2. The van der Waals surface area contributed by atoms with Gasteiger partial charge in [0.15, 0.2) is 0 Å². The second kappa shape index (κ2) is 12.1. The van der Waals surface area contributed by atoms with Gasteiger partial charge in [-0.25, -0.2) is 0 Å². The Balaban J connectivity index is 1.15. The number of rotatable bonds is 8. The number of piperazine rings is 1. The van der Waals surface area contributed by atoms with E-state index < -0.39 is 0 Å². The molecule has 1 fully saturated rings. The lowest BCUT2D eigenvalue weighted by molar-refractivity contribution is 0.112. The lowest BCUT2D eigenvalue weighted by Gasteiger charge is -2.37. The van der Waals surface area contributed by atoms with Crippen molar-refractivity contribution in [2.75, 3.05) is 43.1 Å². The number of benzene rings is 4. The highest BCUT2D eigenvalue weighted by Gasteiger charge is 2.17. The molecular formula is C30H28N6O4. The van der Waals surface area contributed by atoms with Crippen molar-refractivity contribution >= 4 is 40.4 Å². The Labute approximate surface area is 231 Å². The number of methoxy groups -OCH3 is 1. The lowest BCUT2D eigenvalue weighted by atomic mass is 10.2. The van der Waals surface area contributed by atoms with E-state index in [1.54, 1.807) is 31.4 Å². The molecule has 10 heteroatoms. The van der Waals surface area contributed by atoms with Gasteiger partial charge in [0.2, 0.25) is 0 Å². The van der Waals surface area contributed by atoms with Gasteiger partial charge in [-0.2, -0.15) is 10.2 Å². The summed E-state index contributed by atoms with van der Waals surface area (Å²) in [7, 11) is 1.54. The van der Waals surface area contributed by atoms with Gasteiger partial charge in [0.1, 0.15) is 34.9 Å². The second-order valence-corrected chi connectivity index (χ2v) is 9.13. The average molecular weight is 537 g/mol. The fourth-order valence-corrected chi connectivity index (χ4v) is 4.32. The molecular weight excluding hydrogens is 508 g/mol. The molecule has 1 saturated heterocycles. The lowest BCUT2D eigenvalue weighted by Crippen LogP contribution is -2.46. The van der Waals surface area contributed by atoms with Gasteiger partial charge in [0.05, 0.1) is 18.5 Å². The fourth-order valence-electron chi connectivity index (χ4n) is 4.32. The van der Waals surface area contributed by atoms with Gasteiger partial charge in [0.25, 0.3) is 0 Å². The molecule has 1 aliphatic heterocycles. The van der Waals surface area contributed by atoms with Gasteiger partial charge in [-0.15, -0.1) is 10.2 Å². The van der Waals surface area contributed by atoms with E-state index in [0.717, 1.165) is 37.6 Å². The Hall–Kier alpha value is -5.25. The molecule has 0 aliphatic carbocycles. The van der Waals surface area contributed by atoms with Crippen LogP contribution in [0.25, 0.3) is 0 Å². The van der Waals surface area contributed by atoms with Crippen LogP contribution in [0.5, 0.6) is 17.2 Å². The highest BCUT2D eigenvalue weighted by molar-refractivity contribution is 5.77. The number of aldehydes is 1. The van der Waals surface area contributed by atoms with Crippen molar-refractivity contribution < 1.29 is 19.7 Å². The molecule has 2 N–H and O–H groups in total. The summed E-state index contributed by atoms with van der Waals surface area (Å²) in [6, 6.07) is 25.1. The van der Waals surface area contributed by atoms with Crippen molar-refractivity contribution in [3.8, 4) is 17.2 Å². The van der Waals surface area contributed by atoms with Gasteiger partial charge in [-0.1, -0.05) is 0 Å². The van der Waals surface area contributed by atoms with E-state index in [9.17, 15) is 15.0 Å². The molecule has 4 aromatic carbocycles. The number of phenols is 2. The third kappa shape index (κ3) is 6.24. The largest absolute Gasteiger partial charge is 0.506 e. The molecule has 0 spiro atoms. The molecule has 202 valence electrons. The summed E-state index contributed by atoms with van der Waals surface area (Å²) in [5.74, 6) is 0.483. The molecule has 0 unspecified atom stereocenters. The zero-order valence-electron chi connectivity index (χ0n) is 21.9. The van der Waals surface area contributed by atoms with E-state index in [2.05, 4.69) is 30.3 Å². The van der Waals surface area contributed by atoms with Gasteiger partial charge >= 0.3 is 0 Å². The maximum absolute atomic E-state index is 10.8. The van der Waals surface area contributed by atoms with E-state index in [-0.39, 0.29) is 11.5 Å². The predicted molar refractivity (Wildman–Crippen MR) is 154 cm³/mol. The van der Waals surface area contributed by atoms with E-state index >= 15 is 0 Å². The Kier molecular flexibility index (Phi) is 7.96. The molecule has 0 bridgehead atoms. The summed E-state index contributed by atoms with van der Waals surface area (Å²) in [6.45, 7) is 3.49. The van der Waals surface area contributed by atoms with Crippen LogP contribution in [-0.4, -0.2) is 49.8 Å². The van der Waals surface area contributed by atoms with E-state index in [0.29, 0.717) is 40.3 Å². The third-order valence-electron chi connectivity index (χ3n) is 6.57. The number of phenolic OH excluding ortho intramolecular Hbond substituents is 2. The summed E-state index contributed by atoms with van der Waals surface area (Å²) >= 11 is 0. The number of nitrogens with zero attached hydrogens (tertiary/aromatic N) is 6. The molecule has 4 aromatic rings. The van der Waals surface area contributed by atoms with Crippen molar-refractivity contribution in [1.29, 1.82) is 0 Å². The van der Waals surface area contributed by atoms with E-state index in [1.807, 2.05) is 48.5 Å². The first kappa shape index (κ1) is 26.4. The van der Waals surface area contributed by atoms with Crippen LogP contribution >= 0.6 is 0 Å². The van der Waals surface area contributed by atoms with Crippen LogP contribution in [0, 0.1) is 0 Å². The van der Waals surface area contributed by atoms with E-state index in [1.165, 1.54) is 12.1 Å². The third-order valence-corrected chi connectivity index (χ3v) is 6.57. The minimum atomic E-state index is -0.0873. The van der Waals surface area contributed by atoms with Gasteiger partial charge in [-0.05, 0) is 78.9 Å². The Morgan fingerprint density at radius 3 is 1.55 bits per heavy atom. The Morgan fingerprint density at radius 1 is 0.650 bits per heavy atom. The Morgan fingerprint density at radius 2 is 1.12 bits per heavy atom. The van der Waals surface area contributed by atoms with Gasteiger partial charge in [0, 0.05) is 49.2 Å². The zero-order valence-corrected chi connectivity index (χ0v) is 21.9. The first-order chi connectivity index (χ1) is 19.5. The number of aromatic hydroxyl groups is 2. The number of hydrogen-bond donors (Lipinski definition) is 2. The fraction of sp³-hybridized carbons (Fsp3) is 0.167. The standard InChI is InChI=1S/C30H28N6O4/c1-40-26-11-13-28(30(39)19-26)34-32-23-5-9-25(10-6-23)36-16-14-35(15-17-36)24-7-3-22(4-8-24)31-33-27-12-2-21(20-37)18-29(27)38/h2-13,18-20,38-39H,14-17H2,1H3. The minimum Gasteiger partial charge on any atom is -0.506 e. The average Bonchev–Trinajstić information content (AvgIpc) is 3.00. The molecule has 0 aromatic heterocycles. The summed E-state index contributed by atoms with van der Waals surface area (Å²) in [5, 5.41) is 36.7. The smallest absolute Gasteiger partial charge is 0.150 e. The predicted octanol–water partition coefficient (Wildman–Crippen LogP) is 7.08. The normalized spacial score (nSPS) is 13.7. The van der Waals surface area contributed by atoms with Crippen molar-refractivity contribution in [2.24, 2.45) is 20.5 Å². The summed E-state index contributed by atoms with van der Waals surface area (Å²) in [6.07, 6.45) is 0.668. The molecule has 1 heterocycles. The number of carbonyl (C=O) groups is 1. The first-order valence-corrected chi connectivity index (χ1v) is 12.7. The quantitative estimate of drug-likeness (QED) is 0.183. The first-order valence-electron chi connectivity index (χ1n) is 12.7. The molecule has 40 heavy (non-hydrogen) atoms. The highest BCUT2D eigenvalue weighted by atomic mass is 16.5. The molecule has 0 radical (unpaired) electrons. The second-order valence-electron chi connectivity index (χ2n) is 9.13. The number of hydrogen-bond acceptors (Lipinski definition) is 10. The molecule has 0 atom stereocenters. The monoisotopic (exact) mass is 536 g/mol. The summed E-state index contributed by atoms with van der Waals surface area (Å²) in [4.78, 5) is 15.5. The Bertz CT molecular complexity index is 1530. The number of carbonyl (C=O) groups excluding carboxylic acids is 1. The van der Waals surface area contributed by atoms with Gasteiger partial charge in [-0.3, -0.25) is 4.79 Å². The van der Waals surface area contributed by atoms with Crippen LogP contribution in [0.1, 0.15) is 10.4 Å². The molecule has 0 amide bonds. The van der Waals surface area contributed by atoms with Crippen LogP contribution in [0.4, 0.5) is 34.1 Å². The minimum absolute atomic E-state index is 0.0131. The molecule has 10 nitrogen and oxygen atoms in total. The summed E-state index contributed by atoms with van der Waals surface area (Å²) < 4.78 is 5.09. The van der Waals surface area contributed by atoms with Crippen molar-refractivity contribution in [2.45, 2.75) is 0 Å². The molecule has 1 aliphatic rings. The maximum Gasteiger partial charge on any atom is 0.150 e. The zero-order chi connectivity index (χ0) is 27.9. The van der Waals surface area contributed by atoms with Crippen LogP contribution in [-0.2, 0) is 0 Å². The van der Waals surface area contributed by atoms with E-state index in [4.69, 9.17) is 4.74 Å². The topological polar surface area (TPSA) is 123 Å². The number of anilines is 2. The van der Waals surface area contributed by atoms with Crippen molar-refractivity contribution in [3.63, 3.8) is 0 Å². The molecule has 5 rings (SSSR count). The SMILES string of the molecule is COc1ccc(N=Nc2ccc(N3CCN(c4ccc(N=Nc5ccc(C=O)cc5O)cc4)CC3)cc2)c(O)c1. The van der Waals surface area contributed by atoms with Crippen molar-refractivity contribution in [1.82, 2.24) is 0 Å².